The smallest absolute Gasteiger partial charge is 0.336 e. The molecule has 4 heteroatoms. The van der Waals surface area contributed by atoms with Crippen molar-refractivity contribution in [2.24, 2.45) is 5.92 Å². The molecule has 0 spiro atoms. The van der Waals surface area contributed by atoms with E-state index in [1.165, 1.54) is 12.8 Å². The number of para-hydroxylation sites is 1. The van der Waals surface area contributed by atoms with Gasteiger partial charge in [-0.25, -0.2) is 4.79 Å². The largest absolute Gasteiger partial charge is 0.478 e. The van der Waals surface area contributed by atoms with Crippen LogP contribution >= 0.6 is 0 Å². The average molecular weight is 284 g/mol. The van der Waals surface area contributed by atoms with Crippen LogP contribution in [0.15, 0.2) is 30.3 Å². The van der Waals surface area contributed by atoms with Gasteiger partial charge in [0.1, 0.15) is 0 Å². The van der Waals surface area contributed by atoms with Gasteiger partial charge < -0.3 is 5.11 Å². The van der Waals surface area contributed by atoms with Gasteiger partial charge in [-0.3, -0.25) is 9.88 Å². The first-order chi connectivity index (χ1) is 10.1. The Morgan fingerprint density at radius 1 is 1.43 bits per heavy atom. The van der Waals surface area contributed by atoms with Gasteiger partial charge in [-0.05, 0) is 37.4 Å². The van der Waals surface area contributed by atoms with Crippen molar-refractivity contribution in [1.29, 1.82) is 0 Å². The first-order valence-corrected chi connectivity index (χ1v) is 7.48. The molecule has 4 nitrogen and oxygen atoms in total. The van der Waals surface area contributed by atoms with Gasteiger partial charge in [0.2, 0.25) is 0 Å². The zero-order chi connectivity index (χ0) is 14.8. The second-order valence-corrected chi connectivity index (χ2v) is 5.97. The van der Waals surface area contributed by atoms with Gasteiger partial charge in [-0.2, -0.15) is 0 Å². The van der Waals surface area contributed by atoms with E-state index in [2.05, 4.69) is 16.8 Å². The molecule has 1 saturated heterocycles. The Hall–Kier alpha value is -1.94. The van der Waals surface area contributed by atoms with Gasteiger partial charge in [-0.15, -0.1) is 0 Å². The summed E-state index contributed by atoms with van der Waals surface area (Å²) >= 11 is 0. The number of carboxylic acid groups (broad SMARTS) is 1. The van der Waals surface area contributed by atoms with Crippen LogP contribution in [0.1, 0.15) is 35.8 Å². The van der Waals surface area contributed by atoms with Crippen molar-refractivity contribution in [2.75, 3.05) is 13.1 Å². The number of aromatic nitrogens is 1. The monoisotopic (exact) mass is 284 g/mol. The summed E-state index contributed by atoms with van der Waals surface area (Å²) in [6.45, 7) is 5.14. The Labute approximate surface area is 124 Å². The molecular weight excluding hydrogens is 264 g/mol. The number of likely N-dealkylation sites (tertiary alicyclic amines) is 1. The minimum absolute atomic E-state index is 0.348. The highest BCUT2D eigenvalue weighted by Crippen LogP contribution is 2.21. The van der Waals surface area contributed by atoms with Gasteiger partial charge in [-0.1, -0.05) is 25.1 Å². The van der Waals surface area contributed by atoms with Gasteiger partial charge in [0.15, 0.2) is 0 Å². The topological polar surface area (TPSA) is 53.4 Å². The van der Waals surface area contributed by atoms with Crippen LogP contribution in [0.25, 0.3) is 10.9 Å². The SMILES string of the molecule is CC1CCCN(Cc2cc(C(=O)O)c3ccccc3n2)C1. The number of aromatic carboxylic acids is 1. The van der Waals surface area contributed by atoms with E-state index in [9.17, 15) is 9.90 Å². The third-order valence-corrected chi connectivity index (χ3v) is 4.13. The first-order valence-electron chi connectivity index (χ1n) is 7.48. The van der Waals surface area contributed by atoms with Crippen molar-refractivity contribution in [3.63, 3.8) is 0 Å². The Morgan fingerprint density at radius 3 is 3.00 bits per heavy atom. The third kappa shape index (κ3) is 3.05. The summed E-state index contributed by atoms with van der Waals surface area (Å²) in [6.07, 6.45) is 2.49. The third-order valence-electron chi connectivity index (χ3n) is 4.13. The zero-order valence-corrected chi connectivity index (χ0v) is 12.2. The number of benzene rings is 1. The van der Waals surface area contributed by atoms with E-state index in [1.807, 2.05) is 24.3 Å². The van der Waals surface area contributed by atoms with E-state index >= 15 is 0 Å². The first kappa shape index (κ1) is 14.0. The Bertz CT molecular complexity index is 669. The van der Waals surface area contributed by atoms with E-state index in [1.54, 1.807) is 6.07 Å². The number of piperidine rings is 1. The summed E-state index contributed by atoms with van der Waals surface area (Å²) < 4.78 is 0. The van der Waals surface area contributed by atoms with Crippen molar-refractivity contribution >= 4 is 16.9 Å². The number of pyridine rings is 1. The fourth-order valence-electron chi connectivity index (χ4n) is 3.15. The van der Waals surface area contributed by atoms with Crippen LogP contribution in [-0.2, 0) is 6.54 Å². The molecule has 2 heterocycles. The highest BCUT2D eigenvalue weighted by atomic mass is 16.4. The van der Waals surface area contributed by atoms with Gasteiger partial charge in [0.25, 0.3) is 0 Å². The maximum absolute atomic E-state index is 11.5. The van der Waals surface area contributed by atoms with E-state index in [0.29, 0.717) is 16.9 Å². The molecule has 1 N–H and O–H groups in total. The van der Waals surface area contributed by atoms with Crippen molar-refractivity contribution < 1.29 is 9.90 Å². The minimum atomic E-state index is -0.887. The van der Waals surface area contributed by atoms with Crippen molar-refractivity contribution in [1.82, 2.24) is 9.88 Å². The standard InChI is InChI=1S/C17H20N2O2/c1-12-5-4-8-19(10-12)11-13-9-15(17(20)21)14-6-2-3-7-16(14)18-13/h2-3,6-7,9,12H,4-5,8,10-11H2,1H3,(H,20,21). The number of fused-ring (bicyclic) bond motifs is 1. The molecule has 0 aliphatic carbocycles. The highest BCUT2D eigenvalue weighted by molar-refractivity contribution is 6.02. The number of rotatable bonds is 3. The molecule has 1 aromatic heterocycles. The number of hydrogen-bond donors (Lipinski definition) is 1. The van der Waals surface area contributed by atoms with Crippen molar-refractivity contribution in [3.05, 3.63) is 41.6 Å². The van der Waals surface area contributed by atoms with Crippen LogP contribution in [0.3, 0.4) is 0 Å². The fourth-order valence-corrected chi connectivity index (χ4v) is 3.15. The van der Waals surface area contributed by atoms with Crippen LogP contribution in [0.4, 0.5) is 0 Å². The Balaban J connectivity index is 1.93. The molecule has 1 atom stereocenters. The number of carbonyl (C=O) groups is 1. The van der Waals surface area contributed by atoms with E-state index < -0.39 is 5.97 Å². The van der Waals surface area contributed by atoms with Gasteiger partial charge in [0, 0.05) is 18.5 Å². The number of nitrogens with zero attached hydrogens (tertiary/aromatic N) is 2. The van der Waals surface area contributed by atoms with Crippen LogP contribution in [0, 0.1) is 5.92 Å². The molecule has 2 aromatic rings. The van der Waals surface area contributed by atoms with Crippen LogP contribution < -0.4 is 0 Å². The summed E-state index contributed by atoms with van der Waals surface area (Å²) in [5, 5.41) is 10.1. The lowest BCUT2D eigenvalue weighted by Crippen LogP contribution is -2.34. The van der Waals surface area contributed by atoms with Crippen molar-refractivity contribution in [3.8, 4) is 0 Å². The molecule has 0 saturated carbocycles. The molecule has 1 aliphatic rings. The van der Waals surface area contributed by atoms with Gasteiger partial charge in [0.05, 0.1) is 16.8 Å². The van der Waals surface area contributed by atoms with Crippen LogP contribution in [-0.4, -0.2) is 34.0 Å². The number of hydrogen-bond acceptors (Lipinski definition) is 3. The summed E-state index contributed by atoms with van der Waals surface area (Å²) in [4.78, 5) is 18.5. The maximum Gasteiger partial charge on any atom is 0.336 e. The molecule has 0 amide bonds. The summed E-state index contributed by atoms with van der Waals surface area (Å²) in [5.74, 6) is -0.181. The molecule has 21 heavy (non-hydrogen) atoms. The van der Waals surface area contributed by atoms with Crippen molar-refractivity contribution in [2.45, 2.75) is 26.3 Å². The molecule has 110 valence electrons. The second-order valence-electron chi connectivity index (χ2n) is 5.97. The lowest BCUT2D eigenvalue weighted by molar-refractivity contribution is 0.0698. The highest BCUT2D eigenvalue weighted by Gasteiger charge is 2.18. The normalized spacial score (nSPS) is 19.8. The average Bonchev–Trinajstić information content (AvgIpc) is 2.46. The molecule has 1 aliphatic heterocycles. The molecule has 1 aromatic carbocycles. The van der Waals surface area contributed by atoms with E-state index in [-0.39, 0.29) is 0 Å². The summed E-state index contributed by atoms with van der Waals surface area (Å²) in [7, 11) is 0. The van der Waals surface area contributed by atoms with Crippen LogP contribution in [0.5, 0.6) is 0 Å². The van der Waals surface area contributed by atoms with Crippen LogP contribution in [0.2, 0.25) is 0 Å². The Kier molecular flexibility index (Phi) is 3.88. The second kappa shape index (κ2) is 5.82. The maximum atomic E-state index is 11.5. The molecule has 1 fully saturated rings. The lowest BCUT2D eigenvalue weighted by atomic mass is 10.00. The Morgan fingerprint density at radius 2 is 2.24 bits per heavy atom. The quantitative estimate of drug-likeness (QED) is 0.940. The number of carboxylic acids is 1. The lowest BCUT2D eigenvalue weighted by Gasteiger charge is -2.30. The molecular formula is C17H20N2O2. The predicted octanol–water partition coefficient (Wildman–Crippen LogP) is 3.16. The van der Waals surface area contributed by atoms with E-state index in [4.69, 9.17) is 0 Å². The summed E-state index contributed by atoms with van der Waals surface area (Å²) in [6, 6.07) is 9.17. The fraction of sp³-hybridized carbons (Fsp3) is 0.412. The van der Waals surface area contributed by atoms with E-state index in [0.717, 1.165) is 30.8 Å². The molecule has 0 radical (unpaired) electrons. The molecule has 1 unspecified atom stereocenters. The zero-order valence-electron chi connectivity index (χ0n) is 12.2. The minimum Gasteiger partial charge on any atom is -0.478 e. The molecule has 3 rings (SSSR count). The summed E-state index contributed by atoms with van der Waals surface area (Å²) in [5.41, 5.74) is 1.96. The van der Waals surface area contributed by atoms with Gasteiger partial charge >= 0.3 is 5.97 Å². The predicted molar refractivity (Wildman–Crippen MR) is 82.4 cm³/mol. The molecule has 0 bridgehead atoms.